The Morgan fingerprint density at radius 3 is 2.22 bits per heavy atom. The first-order valence-electron chi connectivity index (χ1n) is 9.34. The number of hydrogen-bond donors (Lipinski definition) is 2. The molecule has 0 heterocycles. The molecule has 0 radical (unpaired) electrons. The highest BCUT2D eigenvalue weighted by atomic mass is 32.2. The quantitative estimate of drug-likeness (QED) is 0.587. The summed E-state index contributed by atoms with van der Waals surface area (Å²) in [7, 11) is 0. The third kappa shape index (κ3) is 6.43. The Kier molecular flexibility index (Phi) is 7.92. The molecule has 2 rings (SSSR count). The number of thioether (sulfide) groups is 1. The number of carbonyl (C=O) groups excluding carboxylic acids is 2. The monoisotopic (exact) mass is 384 g/mol. The zero-order valence-electron chi connectivity index (χ0n) is 16.5. The molecule has 27 heavy (non-hydrogen) atoms. The second-order valence-corrected chi connectivity index (χ2v) is 8.11. The largest absolute Gasteiger partial charge is 0.326 e. The van der Waals surface area contributed by atoms with Gasteiger partial charge < -0.3 is 10.6 Å². The molecule has 0 aliphatic rings. The van der Waals surface area contributed by atoms with Crippen LogP contribution in [0.5, 0.6) is 0 Å². The van der Waals surface area contributed by atoms with E-state index in [1.165, 1.54) is 11.8 Å². The molecule has 0 spiro atoms. The van der Waals surface area contributed by atoms with Gasteiger partial charge in [0, 0.05) is 22.7 Å². The highest BCUT2D eigenvalue weighted by Crippen LogP contribution is 2.27. The molecule has 0 saturated carbocycles. The Morgan fingerprint density at radius 2 is 1.63 bits per heavy atom. The minimum atomic E-state index is -0.228. The van der Waals surface area contributed by atoms with Crippen LogP contribution in [-0.4, -0.2) is 17.1 Å². The Morgan fingerprint density at radius 1 is 1.00 bits per heavy atom. The minimum absolute atomic E-state index is 0.0191. The van der Waals surface area contributed by atoms with Crippen LogP contribution in [0.3, 0.4) is 0 Å². The summed E-state index contributed by atoms with van der Waals surface area (Å²) in [6.07, 6.45) is 2.44. The molecule has 0 bridgehead atoms. The normalized spacial score (nSPS) is 11.7. The number of hydrogen-bond acceptors (Lipinski definition) is 3. The van der Waals surface area contributed by atoms with Gasteiger partial charge in [0.15, 0.2) is 0 Å². The van der Waals surface area contributed by atoms with Gasteiger partial charge in [-0.2, -0.15) is 0 Å². The first-order chi connectivity index (χ1) is 12.9. The van der Waals surface area contributed by atoms with E-state index in [4.69, 9.17) is 0 Å². The predicted molar refractivity (Wildman–Crippen MR) is 114 cm³/mol. The number of benzene rings is 2. The minimum Gasteiger partial charge on any atom is -0.326 e. The van der Waals surface area contributed by atoms with Gasteiger partial charge in [-0.15, -0.1) is 11.8 Å². The molecule has 0 aliphatic heterocycles. The molecular formula is C22H28N2O2S. The van der Waals surface area contributed by atoms with E-state index in [0.717, 1.165) is 40.2 Å². The molecule has 1 unspecified atom stereocenters. The van der Waals surface area contributed by atoms with Crippen LogP contribution < -0.4 is 10.6 Å². The highest BCUT2D eigenvalue weighted by Gasteiger charge is 2.16. The van der Waals surface area contributed by atoms with Crippen LogP contribution in [0.4, 0.5) is 11.4 Å². The zero-order valence-corrected chi connectivity index (χ0v) is 17.3. The summed E-state index contributed by atoms with van der Waals surface area (Å²) in [4.78, 5) is 25.3. The van der Waals surface area contributed by atoms with E-state index in [1.807, 2.05) is 63.2 Å². The van der Waals surface area contributed by atoms with E-state index in [-0.39, 0.29) is 17.1 Å². The fraction of sp³-hybridized carbons (Fsp3) is 0.364. The van der Waals surface area contributed by atoms with E-state index in [2.05, 4.69) is 17.6 Å². The van der Waals surface area contributed by atoms with Crippen molar-refractivity contribution in [2.24, 2.45) is 0 Å². The Labute approximate surface area is 166 Å². The van der Waals surface area contributed by atoms with E-state index in [1.54, 1.807) is 0 Å². The second kappa shape index (κ2) is 10.2. The standard InChI is InChI=1S/C22H28N2O2S/c1-5-6-10-20(25)23-18-11-13-19(14-12-18)27-17(4)22(26)24-21-15(2)8-7-9-16(21)3/h7-9,11-14,17H,5-6,10H2,1-4H3,(H,23,25)(H,24,26). The highest BCUT2D eigenvalue weighted by molar-refractivity contribution is 8.00. The smallest absolute Gasteiger partial charge is 0.237 e. The Balaban J connectivity index is 1.92. The molecule has 5 heteroatoms. The maximum Gasteiger partial charge on any atom is 0.237 e. The van der Waals surface area contributed by atoms with Crippen molar-refractivity contribution in [1.29, 1.82) is 0 Å². The third-order valence-electron chi connectivity index (χ3n) is 4.31. The summed E-state index contributed by atoms with van der Waals surface area (Å²) in [6, 6.07) is 13.6. The molecule has 2 aromatic rings. The molecule has 0 saturated heterocycles. The van der Waals surface area contributed by atoms with Crippen LogP contribution in [0.25, 0.3) is 0 Å². The van der Waals surface area contributed by atoms with Gasteiger partial charge in [-0.25, -0.2) is 0 Å². The van der Waals surface area contributed by atoms with Gasteiger partial charge in [-0.1, -0.05) is 31.5 Å². The predicted octanol–water partition coefficient (Wildman–Crippen LogP) is 5.55. The Bertz CT molecular complexity index is 767. The van der Waals surface area contributed by atoms with Gasteiger partial charge in [0.05, 0.1) is 5.25 Å². The van der Waals surface area contributed by atoms with Crippen molar-refractivity contribution in [3.8, 4) is 0 Å². The van der Waals surface area contributed by atoms with Crippen molar-refractivity contribution >= 4 is 35.0 Å². The Hall–Kier alpha value is -2.27. The van der Waals surface area contributed by atoms with Crippen LogP contribution in [-0.2, 0) is 9.59 Å². The van der Waals surface area contributed by atoms with Crippen molar-refractivity contribution in [3.05, 3.63) is 53.6 Å². The number of nitrogens with one attached hydrogen (secondary N) is 2. The molecular weight excluding hydrogens is 356 g/mol. The molecule has 4 nitrogen and oxygen atoms in total. The van der Waals surface area contributed by atoms with E-state index >= 15 is 0 Å². The summed E-state index contributed by atoms with van der Waals surface area (Å²) < 4.78 is 0. The molecule has 2 N–H and O–H groups in total. The van der Waals surface area contributed by atoms with Crippen LogP contribution in [0.15, 0.2) is 47.4 Å². The number of amides is 2. The van der Waals surface area contributed by atoms with Crippen molar-refractivity contribution in [1.82, 2.24) is 0 Å². The number of rotatable bonds is 8. The lowest BCUT2D eigenvalue weighted by molar-refractivity contribution is -0.116. The van der Waals surface area contributed by atoms with Crippen LogP contribution >= 0.6 is 11.8 Å². The number of aryl methyl sites for hydroxylation is 2. The first kappa shape index (κ1) is 21.0. The summed E-state index contributed by atoms with van der Waals surface area (Å²) in [5.74, 6) is 0.0212. The fourth-order valence-electron chi connectivity index (χ4n) is 2.67. The van der Waals surface area contributed by atoms with Gasteiger partial charge in [0.2, 0.25) is 11.8 Å². The second-order valence-electron chi connectivity index (χ2n) is 6.69. The summed E-state index contributed by atoms with van der Waals surface area (Å²) in [5.41, 5.74) is 3.79. The van der Waals surface area contributed by atoms with Crippen LogP contribution in [0.2, 0.25) is 0 Å². The topological polar surface area (TPSA) is 58.2 Å². The van der Waals surface area contributed by atoms with Gasteiger partial charge >= 0.3 is 0 Å². The molecule has 2 amide bonds. The van der Waals surface area contributed by atoms with Crippen molar-refractivity contribution in [3.63, 3.8) is 0 Å². The zero-order chi connectivity index (χ0) is 19.8. The maximum absolute atomic E-state index is 12.5. The number of carbonyl (C=O) groups is 2. The number of anilines is 2. The van der Waals surface area contributed by atoms with Gasteiger partial charge in [0.25, 0.3) is 0 Å². The van der Waals surface area contributed by atoms with Gasteiger partial charge in [-0.3, -0.25) is 9.59 Å². The maximum atomic E-state index is 12.5. The lowest BCUT2D eigenvalue weighted by Gasteiger charge is -2.15. The lowest BCUT2D eigenvalue weighted by Crippen LogP contribution is -2.23. The molecule has 0 aromatic heterocycles. The van der Waals surface area contributed by atoms with Crippen LogP contribution in [0, 0.1) is 13.8 Å². The van der Waals surface area contributed by atoms with Crippen molar-refractivity contribution in [2.75, 3.05) is 10.6 Å². The summed E-state index contributed by atoms with van der Waals surface area (Å²) in [5, 5.41) is 5.71. The first-order valence-corrected chi connectivity index (χ1v) is 10.2. The van der Waals surface area contributed by atoms with E-state index in [9.17, 15) is 9.59 Å². The van der Waals surface area contributed by atoms with Crippen molar-refractivity contribution < 1.29 is 9.59 Å². The average Bonchev–Trinajstić information content (AvgIpc) is 2.64. The number of unbranched alkanes of at least 4 members (excludes halogenated alkanes) is 1. The summed E-state index contributed by atoms with van der Waals surface area (Å²) in [6.45, 7) is 7.95. The van der Waals surface area contributed by atoms with Crippen molar-refractivity contribution in [2.45, 2.75) is 57.1 Å². The summed E-state index contributed by atoms with van der Waals surface area (Å²) >= 11 is 1.50. The van der Waals surface area contributed by atoms with Crippen LogP contribution in [0.1, 0.15) is 44.2 Å². The molecule has 1 atom stereocenters. The SMILES string of the molecule is CCCCC(=O)Nc1ccc(SC(C)C(=O)Nc2c(C)cccc2C)cc1. The molecule has 0 aliphatic carbocycles. The van der Waals surface area contributed by atoms with E-state index < -0.39 is 0 Å². The third-order valence-corrected chi connectivity index (χ3v) is 5.42. The molecule has 144 valence electrons. The molecule has 0 fully saturated rings. The van der Waals surface area contributed by atoms with E-state index in [0.29, 0.717) is 6.42 Å². The lowest BCUT2D eigenvalue weighted by atomic mass is 10.1. The average molecular weight is 385 g/mol. The number of para-hydroxylation sites is 1. The molecule has 2 aromatic carbocycles. The van der Waals surface area contributed by atoms with Gasteiger partial charge in [0.1, 0.15) is 0 Å². The fourth-order valence-corrected chi connectivity index (χ4v) is 3.54. The van der Waals surface area contributed by atoms with Gasteiger partial charge in [-0.05, 0) is 62.6 Å².